The van der Waals surface area contributed by atoms with Crippen LogP contribution in [-0.2, 0) is 4.79 Å². The topological polar surface area (TPSA) is 37.3 Å². The molecule has 0 saturated heterocycles. The van der Waals surface area contributed by atoms with E-state index >= 15 is 0 Å². The Kier molecular flexibility index (Phi) is 5.91. The molecule has 92 valence electrons. The summed E-state index contributed by atoms with van der Waals surface area (Å²) in [6, 6.07) is 1.83. The van der Waals surface area contributed by atoms with Crippen LogP contribution in [0.2, 0.25) is 0 Å². The average molecular weight is 557 g/mol. The highest BCUT2D eigenvalue weighted by atomic mass is 79.9. The summed E-state index contributed by atoms with van der Waals surface area (Å²) in [5.41, 5.74) is 0.853. The van der Waals surface area contributed by atoms with Gasteiger partial charge in [0.2, 0.25) is 0 Å². The molecule has 0 radical (unpaired) electrons. The van der Waals surface area contributed by atoms with Crippen molar-refractivity contribution in [2.24, 2.45) is 0 Å². The van der Waals surface area contributed by atoms with Crippen LogP contribution < -0.4 is 0 Å². The molecule has 1 aromatic carbocycles. The smallest absolute Gasteiger partial charge is 0.332 e. The van der Waals surface area contributed by atoms with Gasteiger partial charge in [0.05, 0.1) is 4.83 Å². The maximum atomic E-state index is 10.9. The van der Waals surface area contributed by atoms with Gasteiger partial charge in [0, 0.05) is 23.5 Å². The number of carboxylic acids is 1. The molecular weight excluding hydrogens is 552 g/mol. The van der Waals surface area contributed by atoms with Gasteiger partial charge in [-0.15, -0.1) is 0 Å². The second-order valence-electron chi connectivity index (χ2n) is 3.08. The van der Waals surface area contributed by atoms with Crippen LogP contribution in [0, 0.1) is 0 Å². The molecule has 0 aliphatic carbocycles. The van der Waals surface area contributed by atoms with Crippen LogP contribution in [0.3, 0.4) is 0 Å². The normalized spacial score (nSPS) is 12.3. The van der Waals surface area contributed by atoms with Crippen LogP contribution in [0.1, 0.15) is 10.4 Å². The third kappa shape index (κ3) is 3.43. The van der Waals surface area contributed by atoms with Crippen LogP contribution >= 0.6 is 79.6 Å². The van der Waals surface area contributed by atoms with Crippen LogP contribution in [0.15, 0.2) is 36.1 Å². The molecule has 1 unspecified atom stereocenters. The summed E-state index contributed by atoms with van der Waals surface area (Å²) in [6.07, 6.45) is 0. The third-order valence-corrected chi connectivity index (χ3v) is 7.72. The molecule has 0 amide bonds. The number of benzene rings is 1. The van der Waals surface area contributed by atoms with E-state index in [4.69, 9.17) is 5.11 Å². The number of alkyl halides is 1. The lowest BCUT2D eigenvalue weighted by atomic mass is 10.1. The molecule has 0 heterocycles. The van der Waals surface area contributed by atoms with E-state index in [2.05, 4.69) is 86.2 Å². The molecule has 1 rings (SSSR count). The molecule has 1 N–H and O–H groups in total. The molecule has 0 aromatic heterocycles. The molecule has 7 heteroatoms. The van der Waals surface area contributed by atoms with Gasteiger partial charge >= 0.3 is 5.97 Å². The van der Waals surface area contributed by atoms with Gasteiger partial charge in [-0.3, -0.25) is 0 Å². The molecule has 0 bridgehead atoms. The van der Waals surface area contributed by atoms with Gasteiger partial charge in [-0.05, 0) is 75.3 Å². The van der Waals surface area contributed by atoms with E-state index in [1.54, 1.807) is 0 Å². The molecule has 17 heavy (non-hydrogen) atoms. The lowest BCUT2D eigenvalue weighted by molar-refractivity contribution is -0.132. The fourth-order valence-corrected chi connectivity index (χ4v) is 4.21. The number of carboxylic acid groups (broad SMARTS) is 1. The van der Waals surface area contributed by atoms with E-state index < -0.39 is 10.8 Å². The first-order chi connectivity index (χ1) is 7.77. The number of hydrogen-bond donors (Lipinski definition) is 1. The number of hydrogen-bond acceptors (Lipinski definition) is 1. The molecule has 0 saturated carbocycles. The Morgan fingerprint density at radius 3 is 2.18 bits per heavy atom. The van der Waals surface area contributed by atoms with Gasteiger partial charge in [0.25, 0.3) is 0 Å². The zero-order valence-corrected chi connectivity index (χ0v) is 16.0. The van der Waals surface area contributed by atoms with Crippen molar-refractivity contribution in [3.8, 4) is 0 Å². The Morgan fingerprint density at radius 1 is 1.18 bits per heavy atom. The summed E-state index contributed by atoms with van der Waals surface area (Å²) >= 11 is 17.0. The van der Waals surface area contributed by atoms with Crippen molar-refractivity contribution in [3.05, 3.63) is 41.7 Å². The Balaban J connectivity index is 3.33. The van der Waals surface area contributed by atoms with Crippen molar-refractivity contribution in [2.45, 2.75) is 4.83 Å². The monoisotopic (exact) mass is 552 g/mol. The van der Waals surface area contributed by atoms with E-state index in [9.17, 15) is 4.79 Å². The Bertz CT molecular complexity index is 498. The minimum atomic E-state index is -1.03. The summed E-state index contributed by atoms with van der Waals surface area (Å²) in [6.45, 7) is 3.54. The van der Waals surface area contributed by atoms with E-state index in [1.165, 1.54) is 0 Å². The van der Waals surface area contributed by atoms with Gasteiger partial charge in [0.15, 0.2) is 0 Å². The van der Waals surface area contributed by atoms with Crippen molar-refractivity contribution in [3.63, 3.8) is 0 Å². The zero-order valence-electron chi connectivity index (χ0n) is 8.11. The minimum absolute atomic E-state index is 0.0758. The third-order valence-electron chi connectivity index (χ3n) is 1.98. The van der Waals surface area contributed by atoms with Gasteiger partial charge in [-0.25, -0.2) is 4.79 Å². The molecular formula is C10H5Br5O2. The van der Waals surface area contributed by atoms with Gasteiger partial charge < -0.3 is 5.11 Å². The summed E-state index contributed by atoms with van der Waals surface area (Å²) < 4.78 is 3.26. The predicted octanol–water partition coefficient (Wildman–Crippen LogP) is 5.81. The Labute approximate surface area is 140 Å². The predicted molar refractivity (Wildman–Crippen MR) is 85.7 cm³/mol. The molecule has 0 fully saturated rings. The molecule has 1 aromatic rings. The van der Waals surface area contributed by atoms with E-state index in [1.807, 2.05) is 6.07 Å². The molecule has 0 aliphatic rings. The van der Waals surface area contributed by atoms with E-state index in [0.29, 0.717) is 0 Å². The largest absolute Gasteiger partial charge is 0.478 e. The van der Waals surface area contributed by atoms with Gasteiger partial charge in [-0.2, -0.15) is 0 Å². The van der Waals surface area contributed by atoms with E-state index in [-0.39, 0.29) is 5.57 Å². The first-order valence-electron chi connectivity index (χ1n) is 4.16. The van der Waals surface area contributed by atoms with Crippen LogP contribution in [0.25, 0.3) is 0 Å². The van der Waals surface area contributed by atoms with Crippen LogP contribution in [0.4, 0.5) is 0 Å². The number of carbonyl (C=O) groups is 1. The lowest BCUT2D eigenvalue weighted by Gasteiger charge is -2.15. The lowest BCUT2D eigenvalue weighted by Crippen LogP contribution is -2.06. The highest BCUT2D eigenvalue weighted by molar-refractivity contribution is 9.15. The summed E-state index contributed by atoms with van der Waals surface area (Å²) in [4.78, 5) is 10.4. The second-order valence-corrected chi connectivity index (χ2v) is 7.23. The maximum Gasteiger partial charge on any atom is 0.332 e. The first kappa shape index (κ1) is 15.9. The highest BCUT2D eigenvalue weighted by Gasteiger charge is 2.22. The molecule has 0 aliphatic heterocycles. The summed E-state index contributed by atoms with van der Waals surface area (Å²) in [5.74, 6) is -1.03. The SMILES string of the molecule is C=C(C(=O)O)C(Br)c1cc(Br)c(Br)c(Br)c1Br. The van der Waals surface area contributed by atoms with Crippen molar-refractivity contribution in [2.75, 3.05) is 0 Å². The van der Waals surface area contributed by atoms with Crippen molar-refractivity contribution in [1.29, 1.82) is 0 Å². The Morgan fingerprint density at radius 2 is 1.71 bits per heavy atom. The van der Waals surface area contributed by atoms with Crippen molar-refractivity contribution < 1.29 is 9.90 Å². The fourth-order valence-electron chi connectivity index (χ4n) is 1.07. The Hall–Kier alpha value is 0.830. The average Bonchev–Trinajstić information content (AvgIpc) is 2.29. The number of halogens is 5. The molecule has 1 atom stereocenters. The number of rotatable bonds is 3. The molecule has 2 nitrogen and oxygen atoms in total. The zero-order chi connectivity index (χ0) is 13.3. The van der Waals surface area contributed by atoms with Gasteiger partial charge in [-0.1, -0.05) is 22.5 Å². The summed E-state index contributed by atoms with van der Waals surface area (Å²) in [7, 11) is 0. The standard InChI is InChI=1S/C10H5Br5O2/c1-3(10(16)17)6(12)4-2-5(11)8(14)9(15)7(4)13/h2,6H,1H2,(H,16,17). The van der Waals surface area contributed by atoms with Gasteiger partial charge in [0.1, 0.15) is 0 Å². The maximum absolute atomic E-state index is 10.9. The highest BCUT2D eigenvalue weighted by Crippen LogP contribution is 2.44. The van der Waals surface area contributed by atoms with Crippen molar-refractivity contribution in [1.82, 2.24) is 0 Å². The minimum Gasteiger partial charge on any atom is -0.478 e. The first-order valence-corrected chi connectivity index (χ1v) is 8.25. The molecule has 0 spiro atoms. The second kappa shape index (κ2) is 6.32. The van der Waals surface area contributed by atoms with Crippen LogP contribution in [-0.4, -0.2) is 11.1 Å². The van der Waals surface area contributed by atoms with Crippen LogP contribution in [0.5, 0.6) is 0 Å². The number of aliphatic carboxylic acids is 1. The van der Waals surface area contributed by atoms with E-state index in [0.717, 1.165) is 23.5 Å². The fraction of sp³-hybridized carbons (Fsp3) is 0.100. The van der Waals surface area contributed by atoms with Crippen molar-refractivity contribution >= 4 is 85.6 Å². The quantitative estimate of drug-likeness (QED) is 0.221. The summed E-state index contributed by atoms with van der Waals surface area (Å²) in [5, 5.41) is 8.92.